The topological polar surface area (TPSA) is 72.2 Å². The van der Waals surface area contributed by atoms with Crippen molar-refractivity contribution in [2.75, 3.05) is 12.3 Å². The molecule has 3 N–H and O–H groups in total. The standard InChI is InChI=1S/C15H21FN2O2S/c1-9-4-13(7-14(17)15(9)16)21(19,20)18-8-12-6-10-2-3-11(12)5-10/h4,7,10-12,18H,2-3,5-6,8,17H2,1H3. The molecule has 3 unspecified atom stereocenters. The van der Waals surface area contributed by atoms with Gasteiger partial charge in [0.25, 0.3) is 0 Å². The molecule has 2 fully saturated rings. The number of rotatable bonds is 4. The van der Waals surface area contributed by atoms with Crippen molar-refractivity contribution in [1.29, 1.82) is 0 Å². The van der Waals surface area contributed by atoms with Crippen LogP contribution in [0.1, 0.15) is 31.2 Å². The second-order valence-corrected chi connectivity index (χ2v) is 8.20. The summed E-state index contributed by atoms with van der Waals surface area (Å²) in [4.78, 5) is 0.0436. The highest BCUT2D eigenvalue weighted by Gasteiger charge is 2.39. The number of nitrogens with one attached hydrogen (secondary N) is 1. The van der Waals surface area contributed by atoms with Gasteiger partial charge in [-0.1, -0.05) is 6.42 Å². The molecule has 1 aromatic rings. The molecule has 2 aliphatic rings. The zero-order valence-corrected chi connectivity index (χ0v) is 12.9. The van der Waals surface area contributed by atoms with Gasteiger partial charge >= 0.3 is 0 Å². The lowest BCUT2D eigenvalue weighted by Crippen LogP contribution is -2.31. The number of nitrogens with two attached hydrogens (primary N) is 1. The Bertz CT molecular complexity index is 637. The third-order valence-electron chi connectivity index (χ3n) is 4.99. The lowest BCUT2D eigenvalue weighted by Gasteiger charge is -2.21. The highest BCUT2D eigenvalue weighted by molar-refractivity contribution is 7.89. The fourth-order valence-electron chi connectivity index (χ4n) is 3.84. The second-order valence-electron chi connectivity index (χ2n) is 6.43. The highest BCUT2D eigenvalue weighted by atomic mass is 32.2. The van der Waals surface area contributed by atoms with Crippen molar-refractivity contribution >= 4 is 15.7 Å². The van der Waals surface area contributed by atoms with Crippen molar-refractivity contribution in [3.05, 3.63) is 23.5 Å². The minimum atomic E-state index is -3.62. The van der Waals surface area contributed by atoms with Gasteiger partial charge in [0.05, 0.1) is 10.6 Å². The predicted molar refractivity (Wildman–Crippen MR) is 79.7 cm³/mol. The average molecular weight is 312 g/mol. The molecule has 3 rings (SSSR count). The molecule has 0 saturated heterocycles. The number of hydrogen-bond acceptors (Lipinski definition) is 3. The van der Waals surface area contributed by atoms with Crippen molar-refractivity contribution in [2.24, 2.45) is 17.8 Å². The van der Waals surface area contributed by atoms with E-state index in [2.05, 4.69) is 4.72 Å². The first kappa shape index (κ1) is 14.8. The molecule has 0 radical (unpaired) electrons. The highest BCUT2D eigenvalue weighted by Crippen LogP contribution is 2.48. The van der Waals surface area contributed by atoms with Gasteiger partial charge < -0.3 is 5.73 Å². The van der Waals surface area contributed by atoms with Gasteiger partial charge in [-0.25, -0.2) is 17.5 Å². The largest absolute Gasteiger partial charge is 0.396 e. The number of nitrogen functional groups attached to an aromatic ring is 1. The van der Waals surface area contributed by atoms with Crippen LogP contribution in [0.25, 0.3) is 0 Å². The van der Waals surface area contributed by atoms with E-state index in [0.29, 0.717) is 18.4 Å². The molecule has 0 heterocycles. The van der Waals surface area contributed by atoms with E-state index in [1.54, 1.807) is 0 Å². The summed E-state index contributed by atoms with van der Waals surface area (Å²) in [5.74, 6) is 1.34. The maximum absolute atomic E-state index is 13.5. The maximum atomic E-state index is 13.5. The smallest absolute Gasteiger partial charge is 0.240 e. The third-order valence-corrected chi connectivity index (χ3v) is 6.39. The Morgan fingerprint density at radius 1 is 1.33 bits per heavy atom. The van der Waals surface area contributed by atoms with Gasteiger partial charge in [0, 0.05) is 6.54 Å². The lowest BCUT2D eigenvalue weighted by atomic mass is 9.89. The van der Waals surface area contributed by atoms with Crippen LogP contribution in [-0.2, 0) is 10.0 Å². The molecule has 3 atom stereocenters. The molecule has 116 valence electrons. The van der Waals surface area contributed by atoms with E-state index in [1.165, 1.54) is 38.3 Å². The Labute approximate surface area is 125 Å². The van der Waals surface area contributed by atoms with Crippen molar-refractivity contribution in [1.82, 2.24) is 4.72 Å². The molecule has 4 nitrogen and oxygen atoms in total. The van der Waals surface area contributed by atoms with Crippen molar-refractivity contribution < 1.29 is 12.8 Å². The summed E-state index contributed by atoms with van der Waals surface area (Å²) in [6, 6.07) is 2.51. The number of anilines is 1. The molecular weight excluding hydrogens is 291 g/mol. The quantitative estimate of drug-likeness (QED) is 0.839. The van der Waals surface area contributed by atoms with Crippen LogP contribution in [0, 0.1) is 30.5 Å². The van der Waals surface area contributed by atoms with Crippen LogP contribution in [0.4, 0.5) is 10.1 Å². The predicted octanol–water partition coefficient (Wildman–Crippen LogP) is 2.43. The summed E-state index contributed by atoms with van der Waals surface area (Å²) < 4.78 is 40.8. The van der Waals surface area contributed by atoms with E-state index in [9.17, 15) is 12.8 Å². The van der Waals surface area contributed by atoms with E-state index in [1.807, 2.05) is 0 Å². The van der Waals surface area contributed by atoms with Gasteiger partial charge in [0.1, 0.15) is 5.82 Å². The number of fused-ring (bicyclic) bond motifs is 2. The van der Waals surface area contributed by atoms with Crippen molar-refractivity contribution in [3.8, 4) is 0 Å². The van der Waals surface area contributed by atoms with Crippen molar-refractivity contribution in [2.45, 2.75) is 37.5 Å². The Hall–Kier alpha value is -1.14. The Morgan fingerprint density at radius 3 is 2.67 bits per heavy atom. The van der Waals surface area contributed by atoms with Crippen LogP contribution < -0.4 is 10.5 Å². The van der Waals surface area contributed by atoms with E-state index in [0.717, 1.165) is 12.3 Å². The number of benzene rings is 1. The van der Waals surface area contributed by atoms with E-state index < -0.39 is 15.8 Å². The maximum Gasteiger partial charge on any atom is 0.240 e. The molecule has 0 aromatic heterocycles. The van der Waals surface area contributed by atoms with Crippen LogP contribution in [-0.4, -0.2) is 15.0 Å². The normalized spacial score (nSPS) is 28.2. The number of aryl methyl sites for hydroxylation is 1. The van der Waals surface area contributed by atoms with Gasteiger partial charge in [0.15, 0.2) is 0 Å². The molecule has 0 aliphatic heterocycles. The monoisotopic (exact) mass is 312 g/mol. The third kappa shape index (κ3) is 2.79. The van der Waals surface area contributed by atoms with Crippen LogP contribution >= 0.6 is 0 Å². The fraction of sp³-hybridized carbons (Fsp3) is 0.600. The summed E-state index contributed by atoms with van der Waals surface area (Å²) in [5.41, 5.74) is 5.63. The molecule has 21 heavy (non-hydrogen) atoms. The Morgan fingerprint density at radius 2 is 2.10 bits per heavy atom. The first-order chi connectivity index (χ1) is 9.87. The van der Waals surface area contributed by atoms with Gasteiger partial charge in [-0.05, 0) is 61.6 Å². The lowest BCUT2D eigenvalue weighted by molar-refractivity contribution is 0.333. The van der Waals surface area contributed by atoms with E-state index in [-0.39, 0.29) is 16.1 Å². The van der Waals surface area contributed by atoms with Crippen LogP contribution in [0.15, 0.2) is 17.0 Å². The fourth-order valence-corrected chi connectivity index (χ4v) is 5.06. The van der Waals surface area contributed by atoms with E-state index >= 15 is 0 Å². The van der Waals surface area contributed by atoms with Gasteiger partial charge in [-0.3, -0.25) is 0 Å². The summed E-state index contributed by atoms with van der Waals surface area (Å²) in [6.07, 6.45) is 4.88. The SMILES string of the molecule is Cc1cc(S(=O)(=O)NCC2CC3CCC2C3)cc(N)c1F. The van der Waals surface area contributed by atoms with Crippen LogP contribution in [0.5, 0.6) is 0 Å². The minimum absolute atomic E-state index is 0.0436. The first-order valence-electron chi connectivity index (χ1n) is 7.42. The molecule has 2 bridgehead atoms. The zero-order valence-electron chi connectivity index (χ0n) is 12.1. The summed E-state index contributed by atoms with van der Waals surface area (Å²) in [7, 11) is -3.62. The van der Waals surface area contributed by atoms with Crippen molar-refractivity contribution in [3.63, 3.8) is 0 Å². The second kappa shape index (κ2) is 5.25. The van der Waals surface area contributed by atoms with Gasteiger partial charge in [0.2, 0.25) is 10.0 Å². The van der Waals surface area contributed by atoms with Gasteiger partial charge in [-0.15, -0.1) is 0 Å². The van der Waals surface area contributed by atoms with Crippen LogP contribution in [0.3, 0.4) is 0 Å². The van der Waals surface area contributed by atoms with Crippen LogP contribution in [0.2, 0.25) is 0 Å². The zero-order chi connectivity index (χ0) is 15.2. The average Bonchev–Trinajstić information content (AvgIpc) is 3.04. The first-order valence-corrected chi connectivity index (χ1v) is 8.90. The molecule has 0 spiro atoms. The Kier molecular flexibility index (Phi) is 3.69. The molecule has 6 heteroatoms. The molecule has 2 saturated carbocycles. The molecule has 2 aliphatic carbocycles. The molecule has 1 aromatic carbocycles. The number of hydrogen-bond donors (Lipinski definition) is 2. The Balaban J connectivity index is 1.72. The van der Waals surface area contributed by atoms with E-state index in [4.69, 9.17) is 5.73 Å². The molecule has 0 amide bonds. The summed E-state index contributed by atoms with van der Waals surface area (Å²) in [5, 5.41) is 0. The van der Waals surface area contributed by atoms with Gasteiger partial charge in [-0.2, -0.15) is 0 Å². The number of halogens is 1. The minimum Gasteiger partial charge on any atom is -0.396 e. The summed E-state index contributed by atoms with van der Waals surface area (Å²) in [6.45, 7) is 1.99. The number of sulfonamides is 1. The molecular formula is C15H21FN2O2S. The summed E-state index contributed by atoms with van der Waals surface area (Å²) >= 11 is 0.